The number of nitrogens with one attached hydrogen (secondary N) is 3. The molecule has 1 aliphatic heterocycles. The van der Waals surface area contributed by atoms with Crippen LogP contribution in [0, 0.1) is 0 Å². The van der Waals surface area contributed by atoms with Crippen LogP contribution in [0.25, 0.3) is 0 Å². The van der Waals surface area contributed by atoms with Crippen molar-refractivity contribution >= 4 is 28.3 Å². The second kappa shape index (κ2) is 9.33. The molecule has 0 unspecified atom stereocenters. The first-order chi connectivity index (χ1) is 10.9. The fourth-order valence-electron chi connectivity index (χ4n) is 2.31. The molecule has 0 saturated heterocycles. The number of carbonyl (C=O) groups excluding carboxylic acids is 1. The number of fused-ring (bicyclic) bond motifs is 1. The predicted octanol–water partition coefficient (Wildman–Crippen LogP) is 0.531. The van der Waals surface area contributed by atoms with Crippen LogP contribution in [0.1, 0.15) is 25.0 Å². The maximum atomic E-state index is 12.2. The van der Waals surface area contributed by atoms with Crippen LogP contribution in [0.4, 0.5) is 0 Å². The SMILES string of the molecule is CCN[C@H](C)CNC(=O)CNS(=O)(=O)c1ccc2c(c1)COC2.Cl. The highest BCUT2D eigenvalue weighted by Crippen LogP contribution is 2.22. The fraction of sp³-hybridized carbons (Fsp3) is 0.533. The van der Waals surface area contributed by atoms with E-state index in [1.807, 2.05) is 13.8 Å². The Labute approximate surface area is 149 Å². The molecule has 0 radical (unpaired) electrons. The minimum Gasteiger partial charge on any atom is -0.372 e. The van der Waals surface area contributed by atoms with E-state index in [1.54, 1.807) is 12.1 Å². The van der Waals surface area contributed by atoms with Gasteiger partial charge in [0, 0.05) is 12.6 Å². The summed E-state index contributed by atoms with van der Waals surface area (Å²) in [5.74, 6) is -0.358. The average molecular weight is 378 g/mol. The van der Waals surface area contributed by atoms with Crippen molar-refractivity contribution in [2.24, 2.45) is 0 Å². The van der Waals surface area contributed by atoms with Gasteiger partial charge in [-0.05, 0) is 36.7 Å². The van der Waals surface area contributed by atoms with Crippen molar-refractivity contribution in [2.75, 3.05) is 19.6 Å². The van der Waals surface area contributed by atoms with Gasteiger partial charge >= 0.3 is 0 Å². The van der Waals surface area contributed by atoms with Crippen molar-refractivity contribution < 1.29 is 17.9 Å². The van der Waals surface area contributed by atoms with Crippen LogP contribution >= 0.6 is 12.4 Å². The van der Waals surface area contributed by atoms with Gasteiger partial charge in [0.2, 0.25) is 15.9 Å². The molecule has 0 fully saturated rings. The van der Waals surface area contributed by atoms with Gasteiger partial charge in [-0.3, -0.25) is 4.79 Å². The van der Waals surface area contributed by atoms with Crippen molar-refractivity contribution in [3.8, 4) is 0 Å². The van der Waals surface area contributed by atoms with Crippen LogP contribution < -0.4 is 15.4 Å². The molecule has 1 heterocycles. The van der Waals surface area contributed by atoms with E-state index in [-0.39, 0.29) is 35.8 Å². The molecular weight excluding hydrogens is 354 g/mol. The zero-order chi connectivity index (χ0) is 16.9. The van der Waals surface area contributed by atoms with E-state index in [9.17, 15) is 13.2 Å². The summed E-state index contributed by atoms with van der Waals surface area (Å²) in [7, 11) is -3.71. The van der Waals surface area contributed by atoms with Crippen molar-refractivity contribution in [3.05, 3.63) is 29.3 Å². The molecule has 1 atom stereocenters. The third kappa shape index (κ3) is 5.71. The number of hydrogen-bond acceptors (Lipinski definition) is 5. The Bertz CT molecular complexity index is 667. The molecule has 0 bridgehead atoms. The van der Waals surface area contributed by atoms with E-state index in [2.05, 4.69) is 15.4 Å². The van der Waals surface area contributed by atoms with E-state index >= 15 is 0 Å². The average Bonchev–Trinajstić information content (AvgIpc) is 2.99. The van der Waals surface area contributed by atoms with Crippen molar-refractivity contribution in [1.29, 1.82) is 0 Å². The van der Waals surface area contributed by atoms with Crippen molar-refractivity contribution in [1.82, 2.24) is 15.4 Å². The van der Waals surface area contributed by atoms with Gasteiger partial charge in [-0.1, -0.05) is 13.0 Å². The van der Waals surface area contributed by atoms with Gasteiger partial charge < -0.3 is 15.4 Å². The number of benzene rings is 1. The summed E-state index contributed by atoms with van der Waals surface area (Å²) in [6.45, 7) is 5.83. The molecular formula is C15H24ClN3O4S. The molecule has 24 heavy (non-hydrogen) atoms. The van der Waals surface area contributed by atoms with Gasteiger partial charge in [0.1, 0.15) is 0 Å². The number of halogens is 1. The third-order valence-electron chi connectivity index (χ3n) is 3.58. The molecule has 1 aliphatic rings. The Kier molecular flexibility index (Phi) is 8.11. The first-order valence-corrected chi connectivity index (χ1v) is 9.10. The molecule has 0 spiro atoms. The lowest BCUT2D eigenvalue weighted by Crippen LogP contribution is -2.43. The monoisotopic (exact) mass is 377 g/mol. The van der Waals surface area contributed by atoms with Crippen LogP contribution in [-0.4, -0.2) is 40.0 Å². The molecule has 0 aliphatic carbocycles. The minimum absolute atomic E-state index is 0. The summed E-state index contributed by atoms with van der Waals surface area (Å²) in [4.78, 5) is 11.9. The number of hydrogen-bond donors (Lipinski definition) is 3. The lowest BCUT2D eigenvalue weighted by Gasteiger charge is -2.13. The first-order valence-electron chi connectivity index (χ1n) is 7.61. The molecule has 1 aromatic carbocycles. The molecule has 3 N–H and O–H groups in total. The quantitative estimate of drug-likeness (QED) is 0.614. The van der Waals surface area contributed by atoms with E-state index in [4.69, 9.17) is 4.74 Å². The smallest absolute Gasteiger partial charge is 0.241 e. The topological polar surface area (TPSA) is 96.5 Å². The van der Waals surface area contributed by atoms with Crippen molar-refractivity contribution in [3.63, 3.8) is 0 Å². The van der Waals surface area contributed by atoms with E-state index in [0.717, 1.165) is 17.7 Å². The van der Waals surface area contributed by atoms with Gasteiger partial charge in [-0.15, -0.1) is 12.4 Å². The summed E-state index contributed by atoms with van der Waals surface area (Å²) in [6.07, 6.45) is 0. The normalized spacial score (nSPS) is 14.6. The molecule has 7 nitrogen and oxygen atoms in total. The Morgan fingerprint density at radius 2 is 2.00 bits per heavy atom. The summed E-state index contributed by atoms with van der Waals surface area (Å²) in [5, 5.41) is 5.84. The lowest BCUT2D eigenvalue weighted by molar-refractivity contribution is -0.120. The van der Waals surface area contributed by atoms with Crippen LogP contribution in [0.2, 0.25) is 0 Å². The zero-order valence-corrected chi connectivity index (χ0v) is 15.4. The Balaban J connectivity index is 0.00000288. The van der Waals surface area contributed by atoms with Gasteiger partial charge in [-0.25, -0.2) is 13.1 Å². The first kappa shape index (κ1) is 20.9. The Morgan fingerprint density at radius 3 is 2.71 bits per heavy atom. The highest BCUT2D eigenvalue weighted by Gasteiger charge is 2.19. The fourth-order valence-corrected chi connectivity index (χ4v) is 3.34. The number of likely N-dealkylation sites (N-methyl/N-ethyl adjacent to an activating group) is 1. The van der Waals surface area contributed by atoms with E-state index in [0.29, 0.717) is 19.8 Å². The summed E-state index contributed by atoms with van der Waals surface area (Å²) in [5.41, 5.74) is 1.87. The number of rotatable bonds is 8. The maximum Gasteiger partial charge on any atom is 0.241 e. The van der Waals surface area contributed by atoms with Gasteiger partial charge in [0.15, 0.2) is 0 Å². The highest BCUT2D eigenvalue weighted by atomic mass is 35.5. The lowest BCUT2D eigenvalue weighted by atomic mass is 10.1. The molecule has 1 amide bonds. The summed E-state index contributed by atoms with van der Waals surface area (Å²) >= 11 is 0. The molecule has 9 heteroatoms. The van der Waals surface area contributed by atoms with Crippen LogP contribution in [0.15, 0.2) is 23.1 Å². The van der Waals surface area contributed by atoms with Gasteiger partial charge in [0.25, 0.3) is 0 Å². The van der Waals surface area contributed by atoms with E-state index < -0.39 is 10.0 Å². The predicted molar refractivity (Wildman–Crippen MR) is 93.5 cm³/mol. The summed E-state index contributed by atoms with van der Waals surface area (Å²) < 4.78 is 32.1. The number of ether oxygens (including phenoxy) is 1. The maximum absolute atomic E-state index is 12.2. The van der Waals surface area contributed by atoms with Crippen LogP contribution in [0.3, 0.4) is 0 Å². The molecule has 0 saturated carbocycles. The minimum atomic E-state index is -3.71. The zero-order valence-electron chi connectivity index (χ0n) is 13.8. The third-order valence-corrected chi connectivity index (χ3v) is 4.98. The second-order valence-corrected chi connectivity index (χ2v) is 7.28. The van der Waals surface area contributed by atoms with Crippen LogP contribution in [0.5, 0.6) is 0 Å². The second-order valence-electron chi connectivity index (χ2n) is 5.51. The molecule has 1 aromatic rings. The molecule has 2 rings (SSSR count). The molecule has 0 aromatic heterocycles. The van der Waals surface area contributed by atoms with Crippen LogP contribution in [-0.2, 0) is 32.8 Å². The van der Waals surface area contributed by atoms with Gasteiger partial charge in [0.05, 0.1) is 24.7 Å². The Morgan fingerprint density at radius 1 is 1.29 bits per heavy atom. The standard InChI is InChI=1S/C15H23N3O4S.ClH/c1-3-16-11(2)7-17-15(19)8-18-23(20,21)14-5-4-12-9-22-10-13(12)6-14;/h4-6,11,16,18H,3,7-10H2,1-2H3,(H,17,19);1H/t11-;/m1./s1. The highest BCUT2D eigenvalue weighted by molar-refractivity contribution is 7.89. The number of carbonyl (C=O) groups is 1. The van der Waals surface area contributed by atoms with E-state index in [1.165, 1.54) is 6.07 Å². The largest absolute Gasteiger partial charge is 0.372 e. The number of amides is 1. The summed E-state index contributed by atoms with van der Waals surface area (Å²) in [6, 6.07) is 5.00. The van der Waals surface area contributed by atoms with Gasteiger partial charge in [-0.2, -0.15) is 0 Å². The molecule has 136 valence electrons. The van der Waals surface area contributed by atoms with Crippen molar-refractivity contribution in [2.45, 2.75) is 38.0 Å². The Hall–Kier alpha value is -1.19. The number of sulfonamides is 1.